The van der Waals surface area contributed by atoms with Gasteiger partial charge in [-0.05, 0) is 18.6 Å². The molecule has 0 unspecified atom stereocenters. The van der Waals surface area contributed by atoms with Crippen LogP contribution >= 0.6 is 0 Å². The van der Waals surface area contributed by atoms with E-state index in [-0.39, 0.29) is 5.91 Å². The molecule has 0 heterocycles. The molecule has 72 valence electrons. The van der Waals surface area contributed by atoms with Crippen molar-refractivity contribution in [2.45, 2.75) is 12.8 Å². The fourth-order valence-corrected chi connectivity index (χ4v) is 1.08. The van der Waals surface area contributed by atoms with Crippen molar-refractivity contribution < 1.29 is 4.79 Å². The summed E-state index contributed by atoms with van der Waals surface area (Å²) in [6.45, 7) is 0.637. The van der Waals surface area contributed by atoms with E-state index in [1.165, 1.54) is 0 Å². The molecule has 1 aromatic carbocycles. The van der Waals surface area contributed by atoms with Crippen molar-refractivity contribution in [3.05, 3.63) is 35.9 Å². The Labute approximate surface area is 84.3 Å². The molecule has 0 fully saturated rings. The zero-order chi connectivity index (χ0) is 10.2. The zero-order valence-electron chi connectivity index (χ0n) is 7.99. The molecule has 2 heteroatoms. The Morgan fingerprint density at radius 2 is 2.07 bits per heavy atom. The molecule has 0 atom stereocenters. The molecule has 0 aromatic heterocycles. The van der Waals surface area contributed by atoms with Crippen molar-refractivity contribution in [3.63, 3.8) is 0 Å². The van der Waals surface area contributed by atoms with Crippen molar-refractivity contribution in [3.8, 4) is 12.3 Å². The van der Waals surface area contributed by atoms with Gasteiger partial charge in [0.15, 0.2) is 0 Å². The number of carbonyl (C=O) groups is 1. The third-order valence-electron chi connectivity index (χ3n) is 1.82. The van der Waals surface area contributed by atoms with E-state index in [0.717, 1.165) is 6.42 Å². The fraction of sp³-hybridized carbons (Fsp3) is 0.250. The van der Waals surface area contributed by atoms with Gasteiger partial charge in [0.25, 0.3) is 5.91 Å². The Balaban J connectivity index is 2.33. The van der Waals surface area contributed by atoms with Crippen molar-refractivity contribution in [2.75, 3.05) is 6.54 Å². The number of hydrogen-bond acceptors (Lipinski definition) is 1. The van der Waals surface area contributed by atoms with E-state index >= 15 is 0 Å². The Hall–Kier alpha value is -1.75. The molecule has 0 saturated heterocycles. The predicted molar refractivity (Wildman–Crippen MR) is 56.8 cm³/mol. The fourth-order valence-electron chi connectivity index (χ4n) is 1.08. The summed E-state index contributed by atoms with van der Waals surface area (Å²) < 4.78 is 0. The molecule has 1 amide bonds. The van der Waals surface area contributed by atoms with Gasteiger partial charge in [-0.1, -0.05) is 18.2 Å². The third kappa shape index (κ3) is 3.32. The van der Waals surface area contributed by atoms with Gasteiger partial charge >= 0.3 is 0 Å². The second kappa shape index (κ2) is 5.82. The zero-order valence-corrected chi connectivity index (χ0v) is 7.99. The monoisotopic (exact) mass is 187 g/mol. The van der Waals surface area contributed by atoms with E-state index in [1.807, 2.05) is 18.2 Å². The van der Waals surface area contributed by atoms with E-state index in [0.29, 0.717) is 18.5 Å². The molecule has 2 nitrogen and oxygen atoms in total. The first-order valence-corrected chi connectivity index (χ1v) is 4.61. The van der Waals surface area contributed by atoms with E-state index in [1.54, 1.807) is 12.1 Å². The highest BCUT2D eigenvalue weighted by Crippen LogP contribution is 1.97. The van der Waals surface area contributed by atoms with Crippen LogP contribution in [0.15, 0.2) is 30.3 Å². The molecular weight excluding hydrogens is 174 g/mol. The summed E-state index contributed by atoms with van der Waals surface area (Å²) in [4.78, 5) is 11.4. The van der Waals surface area contributed by atoms with Gasteiger partial charge in [-0.25, -0.2) is 0 Å². The first kappa shape index (κ1) is 10.3. The summed E-state index contributed by atoms with van der Waals surface area (Å²) in [7, 11) is 0. The highest BCUT2D eigenvalue weighted by Gasteiger charge is 2.01. The summed E-state index contributed by atoms with van der Waals surface area (Å²) in [6, 6.07) is 9.15. The van der Waals surface area contributed by atoms with Gasteiger partial charge in [-0.2, -0.15) is 0 Å². The number of rotatable bonds is 4. The Morgan fingerprint density at radius 3 is 2.71 bits per heavy atom. The number of unbranched alkanes of at least 4 members (excludes halogenated alkanes) is 1. The molecular formula is C12H13NO. The lowest BCUT2D eigenvalue weighted by atomic mass is 10.2. The molecule has 0 spiro atoms. The van der Waals surface area contributed by atoms with Crippen molar-refractivity contribution >= 4 is 5.91 Å². The number of carbonyl (C=O) groups excluding carboxylic acids is 1. The Bertz CT molecular complexity index is 324. The standard InChI is InChI=1S/C12H13NO/c1-2-3-7-10-13-12(14)11-8-5-4-6-9-11/h1,4-6,8-9H,3,7,10H2,(H,13,14). The largest absolute Gasteiger partial charge is 0.352 e. The third-order valence-corrected chi connectivity index (χ3v) is 1.82. The number of benzene rings is 1. The molecule has 0 bridgehead atoms. The molecule has 0 aliphatic rings. The summed E-state index contributed by atoms with van der Waals surface area (Å²) in [6.07, 6.45) is 6.63. The average Bonchev–Trinajstić information content (AvgIpc) is 2.25. The van der Waals surface area contributed by atoms with E-state index in [4.69, 9.17) is 6.42 Å². The predicted octanol–water partition coefficient (Wildman–Crippen LogP) is 1.83. The number of nitrogens with one attached hydrogen (secondary N) is 1. The molecule has 0 radical (unpaired) electrons. The molecule has 1 aromatic rings. The quantitative estimate of drug-likeness (QED) is 0.565. The van der Waals surface area contributed by atoms with E-state index in [2.05, 4.69) is 11.2 Å². The summed E-state index contributed by atoms with van der Waals surface area (Å²) in [5.41, 5.74) is 0.688. The van der Waals surface area contributed by atoms with Gasteiger partial charge < -0.3 is 5.32 Å². The summed E-state index contributed by atoms with van der Waals surface area (Å²) >= 11 is 0. The SMILES string of the molecule is C#CCCCNC(=O)c1ccccc1. The van der Waals surface area contributed by atoms with Crippen molar-refractivity contribution in [1.29, 1.82) is 0 Å². The van der Waals surface area contributed by atoms with E-state index in [9.17, 15) is 4.79 Å². The van der Waals surface area contributed by atoms with Gasteiger partial charge in [0.2, 0.25) is 0 Å². The van der Waals surface area contributed by atoms with Crippen LogP contribution in [-0.2, 0) is 0 Å². The summed E-state index contributed by atoms with van der Waals surface area (Å²) in [5, 5.41) is 2.80. The molecule has 0 saturated carbocycles. The minimum absolute atomic E-state index is 0.0392. The number of amides is 1. The summed E-state index contributed by atoms with van der Waals surface area (Å²) in [5.74, 6) is 2.49. The topological polar surface area (TPSA) is 29.1 Å². The first-order valence-electron chi connectivity index (χ1n) is 4.61. The van der Waals surface area contributed by atoms with Crippen LogP contribution in [-0.4, -0.2) is 12.5 Å². The van der Waals surface area contributed by atoms with Crippen LogP contribution in [0.4, 0.5) is 0 Å². The van der Waals surface area contributed by atoms with Crippen LogP contribution < -0.4 is 5.32 Å². The maximum Gasteiger partial charge on any atom is 0.251 e. The lowest BCUT2D eigenvalue weighted by Gasteiger charge is -2.02. The maximum atomic E-state index is 11.4. The highest BCUT2D eigenvalue weighted by atomic mass is 16.1. The van der Waals surface area contributed by atoms with Crippen LogP contribution in [0.25, 0.3) is 0 Å². The molecule has 14 heavy (non-hydrogen) atoms. The van der Waals surface area contributed by atoms with Gasteiger partial charge in [0.1, 0.15) is 0 Å². The normalized spacial score (nSPS) is 9.07. The minimum Gasteiger partial charge on any atom is -0.352 e. The second-order valence-electron chi connectivity index (χ2n) is 2.93. The van der Waals surface area contributed by atoms with Crippen LogP contribution in [0, 0.1) is 12.3 Å². The Morgan fingerprint density at radius 1 is 1.36 bits per heavy atom. The van der Waals surface area contributed by atoms with Crippen molar-refractivity contribution in [2.24, 2.45) is 0 Å². The van der Waals surface area contributed by atoms with E-state index < -0.39 is 0 Å². The number of terminal acetylenes is 1. The van der Waals surface area contributed by atoms with Gasteiger partial charge in [0.05, 0.1) is 0 Å². The van der Waals surface area contributed by atoms with Gasteiger partial charge in [-0.15, -0.1) is 12.3 Å². The average molecular weight is 187 g/mol. The lowest BCUT2D eigenvalue weighted by Crippen LogP contribution is -2.24. The Kier molecular flexibility index (Phi) is 4.30. The van der Waals surface area contributed by atoms with Crippen LogP contribution in [0.3, 0.4) is 0 Å². The minimum atomic E-state index is -0.0392. The lowest BCUT2D eigenvalue weighted by molar-refractivity contribution is 0.0953. The second-order valence-corrected chi connectivity index (χ2v) is 2.93. The van der Waals surface area contributed by atoms with Crippen molar-refractivity contribution in [1.82, 2.24) is 5.32 Å². The maximum absolute atomic E-state index is 11.4. The first-order chi connectivity index (χ1) is 6.84. The van der Waals surface area contributed by atoms with Crippen LogP contribution in [0.5, 0.6) is 0 Å². The highest BCUT2D eigenvalue weighted by molar-refractivity contribution is 5.94. The molecule has 1 rings (SSSR count). The van der Waals surface area contributed by atoms with Gasteiger partial charge in [-0.3, -0.25) is 4.79 Å². The van der Waals surface area contributed by atoms with Gasteiger partial charge in [0, 0.05) is 18.5 Å². The molecule has 0 aliphatic heterocycles. The molecule has 1 N–H and O–H groups in total. The molecule has 0 aliphatic carbocycles. The van der Waals surface area contributed by atoms with Crippen LogP contribution in [0.1, 0.15) is 23.2 Å². The van der Waals surface area contributed by atoms with Crippen LogP contribution in [0.2, 0.25) is 0 Å². The smallest absolute Gasteiger partial charge is 0.251 e. The number of hydrogen-bond donors (Lipinski definition) is 1.